The summed E-state index contributed by atoms with van der Waals surface area (Å²) in [6.07, 6.45) is 4.58. The van der Waals surface area contributed by atoms with Gasteiger partial charge in [-0.05, 0) is 19.4 Å². The molecule has 1 saturated heterocycles. The topological polar surface area (TPSA) is 38.3 Å². The minimum absolute atomic E-state index is 0.196. The lowest BCUT2D eigenvalue weighted by Gasteiger charge is -2.21. The Balaban J connectivity index is 1.94. The van der Waals surface area contributed by atoms with Crippen LogP contribution in [0.15, 0.2) is 11.8 Å². The SMILES string of the molecule is O=C(C1=COCC1)C1CCCNC1. The van der Waals surface area contributed by atoms with Crippen molar-refractivity contribution in [3.8, 4) is 0 Å². The highest BCUT2D eigenvalue weighted by molar-refractivity contribution is 5.97. The van der Waals surface area contributed by atoms with Gasteiger partial charge in [0.25, 0.3) is 0 Å². The van der Waals surface area contributed by atoms with Gasteiger partial charge in [0.15, 0.2) is 5.78 Å². The molecule has 0 aromatic carbocycles. The Morgan fingerprint density at radius 3 is 3.15 bits per heavy atom. The van der Waals surface area contributed by atoms with Crippen molar-refractivity contribution in [1.82, 2.24) is 5.32 Å². The van der Waals surface area contributed by atoms with Crippen LogP contribution in [0, 0.1) is 5.92 Å². The molecule has 1 unspecified atom stereocenters. The zero-order chi connectivity index (χ0) is 9.10. The Bertz CT molecular complexity index is 229. The molecule has 3 heteroatoms. The van der Waals surface area contributed by atoms with Crippen LogP contribution < -0.4 is 5.32 Å². The molecule has 1 fully saturated rings. The molecule has 0 aromatic rings. The molecule has 0 aromatic heterocycles. The molecule has 0 radical (unpaired) electrons. The maximum Gasteiger partial charge on any atom is 0.166 e. The number of hydrogen-bond acceptors (Lipinski definition) is 3. The summed E-state index contributed by atoms with van der Waals surface area (Å²) in [5, 5.41) is 3.25. The third kappa shape index (κ3) is 1.91. The van der Waals surface area contributed by atoms with Crippen LogP contribution in [0.25, 0.3) is 0 Å². The second-order valence-electron chi connectivity index (χ2n) is 3.67. The molecule has 0 amide bonds. The van der Waals surface area contributed by atoms with Crippen molar-refractivity contribution < 1.29 is 9.53 Å². The van der Waals surface area contributed by atoms with E-state index >= 15 is 0 Å². The summed E-state index contributed by atoms with van der Waals surface area (Å²) in [6, 6.07) is 0. The number of ether oxygens (including phenoxy) is 1. The number of ketones is 1. The maximum absolute atomic E-state index is 11.8. The largest absolute Gasteiger partial charge is 0.500 e. The van der Waals surface area contributed by atoms with Crippen LogP contribution in [0.3, 0.4) is 0 Å². The van der Waals surface area contributed by atoms with E-state index in [4.69, 9.17) is 4.74 Å². The fraction of sp³-hybridized carbons (Fsp3) is 0.700. The predicted octanol–water partition coefficient (Wildman–Crippen LogP) is 0.859. The molecule has 1 N–H and O–H groups in total. The molecular weight excluding hydrogens is 166 g/mol. The van der Waals surface area contributed by atoms with Gasteiger partial charge in [0, 0.05) is 24.5 Å². The summed E-state index contributed by atoms with van der Waals surface area (Å²) in [5.74, 6) is 0.492. The lowest BCUT2D eigenvalue weighted by molar-refractivity contribution is -0.119. The zero-order valence-corrected chi connectivity index (χ0v) is 7.71. The first kappa shape index (κ1) is 8.75. The van der Waals surface area contributed by atoms with Gasteiger partial charge in [-0.25, -0.2) is 0 Å². The number of carbonyl (C=O) groups excluding carboxylic acids is 1. The third-order valence-corrected chi connectivity index (χ3v) is 2.70. The Kier molecular flexibility index (Phi) is 2.64. The molecular formula is C10H15NO2. The fourth-order valence-corrected chi connectivity index (χ4v) is 1.91. The highest BCUT2D eigenvalue weighted by Crippen LogP contribution is 2.20. The van der Waals surface area contributed by atoms with Crippen molar-refractivity contribution in [3.05, 3.63) is 11.8 Å². The van der Waals surface area contributed by atoms with Gasteiger partial charge >= 0.3 is 0 Å². The average molecular weight is 181 g/mol. The second-order valence-corrected chi connectivity index (χ2v) is 3.67. The van der Waals surface area contributed by atoms with Gasteiger partial charge in [-0.3, -0.25) is 4.79 Å². The number of nitrogens with one attached hydrogen (secondary N) is 1. The van der Waals surface area contributed by atoms with Gasteiger partial charge in [-0.1, -0.05) is 0 Å². The fourth-order valence-electron chi connectivity index (χ4n) is 1.91. The number of carbonyl (C=O) groups is 1. The minimum Gasteiger partial charge on any atom is -0.500 e. The number of rotatable bonds is 2. The van der Waals surface area contributed by atoms with Crippen LogP contribution in [-0.4, -0.2) is 25.5 Å². The molecule has 2 heterocycles. The number of piperidine rings is 1. The first-order valence-corrected chi connectivity index (χ1v) is 4.93. The molecule has 0 bridgehead atoms. The first-order chi connectivity index (χ1) is 6.38. The summed E-state index contributed by atoms with van der Waals surface area (Å²) in [4.78, 5) is 11.8. The van der Waals surface area contributed by atoms with Crippen LogP contribution in [0.4, 0.5) is 0 Å². The number of Topliss-reactive ketones (excluding diaryl/α,β-unsaturated/α-hetero) is 1. The maximum atomic E-state index is 11.8. The van der Waals surface area contributed by atoms with Crippen LogP contribution in [0.1, 0.15) is 19.3 Å². The van der Waals surface area contributed by atoms with Gasteiger partial charge in [-0.2, -0.15) is 0 Å². The van der Waals surface area contributed by atoms with E-state index in [1.54, 1.807) is 6.26 Å². The van der Waals surface area contributed by atoms with E-state index in [0.717, 1.165) is 37.9 Å². The van der Waals surface area contributed by atoms with Crippen molar-refractivity contribution in [2.75, 3.05) is 19.7 Å². The Hall–Kier alpha value is -0.830. The molecule has 2 rings (SSSR count). The Morgan fingerprint density at radius 1 is 1.62 bits per heavy atom. The van der Waals surface area contributed by atoms with Crippen LogP contribution in [0.5, 0.6) is 0 Å². The highest BCUT2D eigenvalue weighted by atomic mass is 16.5. The van der Waals surface area contributed by atoms with Gasteiger partial charge < -0.3 is 10.1 Å². The molecule has 0 aliphatic carbocycles. The molecule has 2 aliphatic rings. The van der Waals surface area contributed by atoms with E-state index in [1.165, 1.54) is 0 Å². The zero-order valence-electron chi connectivity index (χ0n) is 7.71. The Labute approximate surface area is 78.1 Å². The molecule has 3 nitrogen and oxygen atoms in total. The van der Waals surface area contributed by atoms with Crippen molar-refractivity contribution in [2.45, 2.75) is 19.3 Å². The van der Waals surface area contributed by atoms with E-state index in [-0.39, 0.29) is 5.92 Å². The summed E-state index contributed by atoms with van der Waals surface area (Å²) in [6.45, 7) is 2.58. The van der Waals surface area contributed by atoms with Crippen LogP contribution in [0.2, 0.25) is 0 Å². The van der Waals surface area contributed by atoms with Gasteiger partial charge in [-0.15, -0.1) is 0 Å². The van der Waals surface area contributed by atoms with Crippen molar-refractivity contribution in [2.24, 2.45) is 5.92 Å². The molecule has 0 saturated carbocycles. The van der Waals surface area contributed by atoms with E-state index < -0.39 is 0 Å². The smallest absolute Gasteiger partial charge is 0.166 e. The standard InChI is InChI=1S/C10H15NO2/c12-10(9-3-5-13-7-9)8-2-1-4-11-6-8/h7-8,11H,1-6H2. The summed E-state index contributed by atoms with van der Waals surface area (Å²) in [5.41, 5.74) is 0.883. The van der Waals surface area contributed by atoms with Gasteiger partial charge in [0.2, 0.25) is 0 Å². The molecule has 2 aliphatic heterocycles. The van der Waals surface area contributed by atoms with E-state index in [9.17, 15) is 4.79 Å². The normalized spacial score (nSPS) is 28.0. The highest BCUT2D eigenvalue weighted by Gasteiger charge is 2.25. The van der Waals surface area contributed by atoms with Crippen LogP contribution in [-0.2, 0) is 9.53 Å². The van der Waals surface area contributed by atoms with E-state index in [1.807, 2.05) is 0 Å². The molecule has 72 valence electrons. The lowest BCUT2D eigenvalue weighted by Crippen LogP contribution is -2.34. The quantitative estimate of drug-likeness (QED) is 0.686. The van der Waals surface area contributed by atoms with Gasteiger partial charge in [0.05, 0.1) is 12.9 Å². The van der Waals surface area contributed by atoms with E-state index in [2.05, 4.69) is 5.32 Å². The molecule has 0 spiro atoms. The lowest BCUT2D eigenvalue weighted by atomic mass is 9.90. The van der Waals surface area contributed by atoms with Crippen LogP contribution >= 0.6 is 0 Å². The van der Waals surface area contributed by atoms with Crippen molar-refractivity contribution in [1.29, 1.82) is 0 Å². The first-order valence-electron chi connectivity index (χ1n) is 4.93. The van der Waals surface area contributed by atoms with Crippen molar-refractivity contribution in [3.63, 3.8) is 0 Å². The predicted molar refractivity (Wildman–Crippen MR) is 49.3 cm³/mol. The van der Waals surface area contributed by atoms with Crippen molar-refractivity contribution >= 4 is 5.78 Å². The molecule has 13 heavy (non-hydrogen) atoms. The average Bonchev–Trinajstić information content (AvgIpc) is 2.71. The second kappa shape index (κ2) is 3.92. The molecule has 1 atom stereocenters. The summed E-state index contributed by atoms with van der Waals surface area (Å²) >= 11 is 0. The minimum atomic E-state index is 0.196. The summed E-state index contributed by atoms with van der Waals surface area (Å²) < 4.78 is 5.07. The third-order valence-electron chi connectivity index (χ3n) is 2.70. The van der Waals surface area contributed by atoms with Gasteiger partial charge in [0.1, 0.15) is 0 Å². The van der Waals surface area contributed by atoms with E-state index in [0.29, 0.717) is 12.4 Å². The number of hydrogen-bond donors (Lipinski definition) is 1. The monoisotopic (exact) mass is 181 g/mol. The summed E-state index contributed by atoms with van der Waals surface area (Å²) in [7, 11) is 0. The Morgan fingerprint density at radius 2 is 2.54 bits per heavy atom.